The van der Waals surface area contributed by atoms with E-state index in [9.17, 15) is 29.4 Å². The number of ketones is 1. The molecule has 0 saturated carbocycles. The first-order chi connectivity index (χ1) is 16.7. The first kappa shape index (κ1) is 22.1. The van der Waals surface area contributed by atoms with Crippen molar-refractivity contribution in [3.63, 3.8) is 0 Å². The highest BCUT2D eigenvalue weighted by Crippen LogP contribution is 2.55. The predicted octanol–water partition coefficient (Wildman–Crippen LogP) is 3.15. The van der Waals surface area contributed by atoms with Crippen molar-refractivity contribution in [3.8, 4) is 11.8 Å². The van der Waals surface area contributed by atoms with Gasteiger partial charge in [-0.1, -0.05) is 0 Å². The van der Waals surface area contributed by atoms with Gasteiger partial charge in [0.25, 0.3) is 5.69 Å². The summed E-state index contributed by atoms with van der Waals surface area (Å²) in [6.07, 6.45) is 0.750. The van der Waals surface area contributed by atoms with Gasteiger partial charge in [-0.05, 0) is 43.2 Å². The molecule has 2 heterocycles. The molecule has 2 aromatic carbocycles. The van der Waals surface area contributed by atoms with E-state index in [2.05, 4.69) is 5.32 Å². The van der Waals surface area contributed by atoms with Crippen LogP contribution in [-0.2, 0) is 15.0 Å². The normalized spacial score (nSPS) is 21.0. The first-order valence-corrected chi connectivity index (χ1v) is 10.7. The summed E-state index contributed by atoms with van der Waals surface area (Å²) >= 11 is 0. The third-order valence-electron chi connectivity index (χ3n) is 6.61. The standard InChI is InChI=1S/C24H18FN5O5/c1-35-13-6-8-17(19(10-13)30(33)34)29-18-3-2-4-20(31)21(18)24(15(11-26)22(29)27)14-9-12(25)5-7-16(14)28-23(24)32/h5-10H,2-4,27H2,1H3,(H,28,32). The zero-order chi connectivity index (χ0) is 25.1. The second-order valence-corrected chi connectivity index (χ2v) is 8.31. The number of halogens is 1. The molecule has 5 rings (SSSR count). The summed E-state index contributed by atoms with van der Waals surface area (Å²) in [6.45, 7) is 0. The van der Waals surface area contributed by atoms with Gasteiger partial charge in [-0.3, -0.25) is 24.6 Å². The Morgan fingerprint density at radius 1 is 1.26 bits per heavy atom. The molecule has 1 amide bonds. The lowest BCUT2D eigenvalue weighted by atomic mass is 9.64. The Hall–Kier alpha value is -4.72. The Morgan fingerprint density at radius 3 is 2.71 bits per heavy atom. The monoisotopic (exact) mass is 475 g/mol. The summed E-state index contributed by atoms with van der Waals surface area (Å²) in [4.78, 5) is 39.5. The number of Topliss-reactive ketones (excluding diaryl/α,β-unsaturated/α-hetero) is 1. The van der Waals surface area contributed by atoms with Gasteiger partial charge in [-0.2, -0.15) is 5.26 Å². The maximum Gasteiger partial charge on any atom is 0.296 e. The van der Waals surface area contributed by atoms with Crippen molar-refractivity contribution in [1.82, 2.24) is 0 Å². The molecule has 10 nitrogen and oxygen atoms in total. The van der Waals surface area contributed by atoms with Crippen LogP contribution in [-0.4, -0.2) is 23.7 Å². The van der Waals surface area contributed by atoms with Crippen molar-refractivity contribution < 1.29 is 23.6 Å². The fraction of sp³-hybridized carbons (Fsp3) is 0.208. The van der Waals surface area contributed by atoms with Crippen molar-refractivity contribution in [3.05, 3.63) is 80.6 Å². The number of nitrogens with one attached hydrogen (secondary N) is 1. The average Bonchev–Trinajstić information content (AvgIpc) is 3.11. The molecular weight excluding hydrogens is 457 g/mol. The molecule has 1 atom stereocenters. The highest BCUT2D eigenvalue weighted by Gasteiger charge is 2.60. The number of nitriles is 1. The second-order valence-electron chi connectivity index (χ2n) is 8.31. The molecule has 3 N–H and O–H groups in total. The van der Waals surface area contributed by atoms with Gasteiger partial charge in [0.1, 0.15) is 34.6 Å². The quantitative estimate of drug-likeness (QED) is 0.507. The number of methoxy groups -OCH3 is 1. The van der Waals surface area contributed by atoms with Crippen molar-refractivity contribution in [2.75, 3.05) is 17.3 Å². The minimum absolute atomic E-state index is 0.0102. The molecule has 1 unspecified atom stereocenters. The molecule has 0 bridgehead atoms. The van der Waals surface area contributed by atoms with Crippen LogP contribution in [0.1, 0.15) is 24.8 Å². The van der Waals surface area contributed by atoms with Gasteiger partial charge in [0.05, 0.1) is 23.7 Å². The molecule has 2 aliphatic heterocycles. The lowest BCUT2D eigenvalue weighted by Crippen LogP contribution is -2.50. The van der Waals surface area contributed by atoms with Gasteiger partial charge in [-0.25, -0.2) is 4.39 Å². The molecule has 1 spiro atoms. The van der Waals surface area contributed by atoms with Gasteiger partial charge >= 0.3 is 0 Å². The molecule has 0 fully saturated rings. The summed E-state index contributed by atoms with van der Waals surface area (Å²) in [6, 6.07) is 9.67. The van der Waals surface area contributed by atoms with E-state index in [-0.39, 0.29) is 63.9 Å². The number of rotatable bonds is 3. The summed E-state index contributed by atoms with van der Waals surface area (Å²) < 4.78 is 19.5. The fourth-order valence-electron chi connectivity index (χ4n) is 5.20. The zero-order valence-corrected chi connectivity index (χ0v) is 18.4. The number of hydrogen-bond donors (Lipinski definition) is 2. The van der Waals surface area contributed by atoms with Crippen LogP contribution in [0.5, 0.6) is 5.75 Å². The van der Waals surface area contributed by atoms with Crippen molar-refractivity contribution >= 4 is 28.8 Å². The molecule has 3 aliphatic rings. The first-order valence-electron chi connectivity index (χ1n) is 10.7. The second kappa shape index (κ2) is 7.66. The van der Waals surface area contributed by atoms with Gasteiger partial charge in [-0.15, -0.1) is 0 Å². The van der Waals surface area contributed by atoms with Crippen LogP contribution in [0.4, 0.5) is 21.5 Å². The van der Waals surface area contributed by atoms with E-state index >= 15 is 0 Å². The number of nitro groups is 1. The van der Waals surface area contributed by atoms with Crippen molar-refractivity contribution in [2.45, 2.75) is 24.7 Å². The fourth-order valence-corrected chi connectivity index (χ4v) is 5.20. The number of benzene rings is 2. The van der Waals surface area contributed by atoms with E-state index in [1.807, 2.05) is 6.07 Å². The summed E-state index contributed by atoms with van der Waals surface area (Å²) in [5.74, 6) is -1.80. The van der Waals surface area contributed by atoms with E-state index in [1.54, 1.807) is 0 Å². The van der Waals surface area contributed by atoms with Crippen LogP contribution in [0.15, 0.2) is 59.1 Å². The summed E-state index contributed by atoms with van der Waals surface area (Å²) in [5, 5.41) is 24.8. The largest absolute Gasteiger partial charge is 0.496 e. The Morgan fingerprint density at radius 2 is 2.03 bits per heavy atom. The number of carbonyl (C=O) groups is 2. The van der Waals surface area contributed by atoms with Crippen LogP contribution in [0.25, 0.3) is 0 Å². The predicted molar refractivity (Wildman–Crippen MR) is 122 cm³/mol. The van der Waals surface area contributed by atoms with Crippen LogP contribution in [0.2, 0.25) is 0 Å². The number of nitrogens with zero attached hydrogens (tertiary/aromatic N) is 3. The third kappa shape index (κ3) is 2.86. The molecule has 1 aliphatic carbocycles. The van der Waals surface area contributed by atoms with Crippen LogP contribution < -0.4 is 20.7 Å². The number of fused-ring (bicyclic) bond motifs is 3. The Labute approximate surface area is 198 Å². The smallest absolute Gasteiger partial charge is 0.296 e. The summed E-state index contributed by atoms with van der Waals surface area (Å²) in [7, 11) is 1.36. The number of anilines is 2. The topological polar surface area (TPSA) is 152 Å². The zero-order valence-electron chi connectivity index (χ0n) is 18.4. The van der Waals surface area contributed by atoms with Gasteiger partial charge in [0.2, 0.25) is 5.91 Å². The number of carbonyl (C=O) groups excluding carboxylic acids is 2. The van der Waals surface area contributed by atoms with Gasteiger partial charge in [0.15, 0.2) is 5.78 Å². The van der Waals surface area contributed by atoms with Crippen LogP contribution in [0, 0.1) is 27.3 Å². The highest BCUT2D eigenvalue weighted by molar-refractivity contribution is 6.19. The molecule has 0 radical (unpaired) electrons. The molecular formula is C24H18FN5O5. The summed E-state index contributed by atoms with van der Waals surface area (Å²) in [5.41, 5.74) is 4.45. The van der Waals surface area contributed by atoms with Crippen molar-refractivity contribution in [2.24, 2.45) is 5.73 Å². The van der Waals surface area contributed by atoms with E-state index in [4.69, 9.17) is 10.5 Å². The molecule has 176 valence electrons. The Balaban J connectivity index is 1.89. The lowest BCUT2D eigenvalue weighted by molar-refractivity contribution is -0.384. The minimum Gasteiger partial charge on any atom is -0.496 e. The molecule has 2 aromatic rings. The maximum absolute atomic E-state index is 14.4. The molecule has 0 saturated heterocycles. The average molecular weight is 475 g/mol. The van der Waals surface area contributed by atoms with Crippen molar-refractivity contribution in [1.29, 1.82) is 5.26 Å². The highest BCUT2D eigenvalue weighted by atomic mass is 19.1. The number of hydrogen-bond acceptors (Lipinski definition) is 8. The number of nitro benzene ring substituents is 1. The van der Waals surface area contributed by atoms with E-state index < -0.39 is 27.8 Å². The van der Waals surface area contributed by atoms with Gasteiger partial charge < -0.3 is 15.8 Å². The molecule has 0 aromatic heterocycles. The lowest BCUT2D eigenvalue weighted by Gasteiger charge is -2.43. The van der Waals surface area contributed by atoms with Crippen LogP contribution >= 0.6 is 0 Å². The van der Waals surface area contributed by atoms with E-state index in [1.165, 1.54) is 36.3 Å². The number of amides is 1. The third-order valence-corrected chi connectivity index (χ3v) is 6.61. The SMILES string of the molecule is COc1ccc(N2C(N)=C(C#N)C3(C(=O)Nc4ccc(F)cc43)C3=C2CCCC3=O)c([N+](=O)[O-])c1. The minimum atomic E-state index is -1.96. The number of allylic oxidation sites excluding steroid dienone is 1. The van der Waals surface area contributed by atoms with E-state index in [0.29, 0.717) is 6.42 Å². The van der Waals surface area contributed by atoms with Crippen LogP contribution in [0.3, 0.4) is 0 Å². The molecule has 35 heavy (non-hydrogen) atoms. The number of ether oxygens (including phenoxy) is 1. The Kier molecular flexibility index (Phi) is 4.84. The Bertz CT molecular complexity index is 1460. The maximum atomic E-state index is 14.4. The van der Waals surface area contributed by atoms with E-state index in [0.717, 1.165) is 12.1 Å². The van der Waals surface area contributed by atoms with Gasteiger partial charge in [0, 0.05) is 28.9 Å². The number of nitrogens with two attached hydrogens (primary N) is 1. The molecule has 11 heteroatoms.